The molecule has 0 saturated carbocycles. The molecule has 3 rings (SSSR count). The summed E-state index contributed by atoms with van der Waals surface area (Å²) >= 11 is 0. The van der Waals surface area contributed by atoms with Gasteiger partial charge in [0.2, 0.25) is 17.8 Å². The molecule has 2 aliphatic rings. The lowest BCUT2D eigenvalue weighted by atomic mass is 10.1. The molecule has 1 aromatic heterocycles. The number of anilines is 3. The first kappa shape index (κ1) is 14.3. The van der Waals surface area contributed by atoms with Gasteiger partial charge in [-0.2, -0.15) is 15.0 Å². The standard InChI is InChI=1S/C13H24N8/c1-19-7-9-21(10-8-19)18-12-15-11(14)16-13(17-12)20-5-3-2-4-6-20/h2-10H2,1H3,(H3,14,15,16,17,18). The maximum Gasteiger partial charge on any atom is 0.244 e. The summed E-state index contributed by atoms with van der Waals surface area (Å²) in [6.45, 7) is 5.95. The Hall–Kier alpha value is -1.67. The molecule has 0 spiro atoms. The summed E-state index contributed by atoms with van der Waals surface area (Å²) in [5, 5.41) is 2.13. The number of aromatic nitrogens is 3. The Kier molecular flexibility index (Phi) is 4.35. The first-order chi connectivity index (χ1) is 10.2. The molecule has 8 nitrogen and oxygen atoms in total. The van der Waals surface area contributed by atoms with Crippen molar-refractivity contribution in [2.45, 2.75) is 19.3 Å². The van der Waals surface area contributed by atoms with Crippen LogP contribution in [-0.2, 0) is 0 Å². The van der Waals surface area contributed by atoms with E-state index < -0.39 is 0 Å². The topological polar surface area (TPSA) is 86.4 Å². The molecule has 0 radical (unpaired) electrons. The lowest BCUT2D eigenvalue weighted by Gasteiger charge is -2.32. The molecular formula is C13H24N8. The zero-order valence-corrected chi connectivity index (χ0v) is 12.6. The van der Waals surface area contributed by atoms with Crippen molar-refractivity contribution >= 4 is 17.8 Å². The number of nitrogens with one attached hydrogen (secondary N) is 1. The molecule has 8 heteroatoms. The van der Waals surface area contributed by atoms with Crippen molar-refractivity contribution in [3.63, 3.8) is 0 Å². The van der Waals surface area contributed by atoms with Crippen molar-refractivity contribution in [2.75, 3.05) is 62.4 Å². The summed E-state index contributed by atoms with van der Waals surface area (Å²) in [5.74, 6) is 1.52. The molecule has 0 unspecified atom stereocenters. The second-order valence-corrected chi connectivity index (χ2v) is 5.77. The molecule has 3 heterocycles. The van der Waals surface area contributed by atoms with Gasteiger partial charge in [0, 0.05) is 39.3 Å². The van der Waals surface area contributed by atoms with Crippen LogP contribution in [0.2, 0.25) is 0 Å². The molecule has 0 aliphatic carbocycles. The second-order valence-electron chi connectivity index (χ2n) is 5.77. The van der Waals surface area contributed by atoms with Gasteiger partial charge in [-0.3, -0.25) is 5.43 Å². The minimum Gasteiger partial charge on any atom is -0.368 e. The number of hydrogen-bond acceptors (Lipinski definition) is 8. The Balaban J connectivity index is 1.68. The molecule has 2 fully saturated rings. The number of nitrogens with two attached hydrogens (primary N) is 1. The van der Waals surface area contributed by atoms with Crippen molar-refractivity contribution < 1.29 is 0 Å². The number of hydrazine groups is 1. The molecular weight excluding hydrogens is 268 g/mol. The third-order valence-electron chi connectivity index (χ3n) is 4.04. The van der Waals surface area contributed by atoms with E-state index in [9.17, 15) is 0 Å². The van der Waals surface area contributed by atoms with Crippen LogP contribution in [0.4, 0.5) is 17.8 Å². The second kappa shape index (κ2) is 6.40. The molecule has 2 saturated heterocycles. The van der Waals surface area contributed by atoms with E-state index in [2.05, 4.69) is 42.2 Å². The van der Waals surface area contributed by atoms with Gasteiger partial charge in [0.1, 0.15) is 0 Å². The van der Waals surface area contributed by atoms with Crippen LogP contribution >= 0.6 is 0 Å². The number of piperazine rings is 1. The number of likely N-dealkylation sites (N-methyl/N-ethyl adjacent to an activating group) is 1. The van der Waals surface area contributed by atoms with Gasteiger partial charge in [0.15, 0.2) is 0 Å². The van der Waals surface area contributed by atoms with Crippen LogP contribution in [0.25, 0.3) is 0 Å². The smallest absolute Gasteiger partial charge is 0.244 e. The average molecular weight is 292 g/mol. The van der Waals surface area contributed by atoms with Crippen LogP contribution in [0, 0.1) is 0 Å². The summed E-state index contributed by atoms with van der Waals surface area (Å²) in [6, 6.07) is 0. The van der Waals surface area contributed by atoms with Gasteiger partial charge in [-0.15, -0.1) is 0 Å². The average Bonchev–Trinajstić information content (AvgIpc) is 2.50. The summed E-state index contributed by atoms with van der Waals surface area (Å²) in [5.41, 5.74) is 9.10. The molecule has 2 aliphatic heterocycles. The Morgan fingerprint density at radius 1 is 0.905 bits per heavy atom. The number of rotatable bonds is 3. The molecule has 0 aromatic carbocycles. The first-order valence-electron chi connectivity index (χ1n) is 7.67. The van der Waals surface area contributed by atoms with Gasteiger partial charge in [-0.25, -0.2) is 5.01 Å². The fourth-order valence-electron chi connectivity index (χ4n) is 2.73. The molecule has 1 aromatic rings. The normalized spacial score (nSPS) is 21.5. The zero-order chi connectivity index (χ0) is 14.7. The monoisotopic (exact) mass is 292 g/mol. The Morgan fingerprint density at radius 3 is 2.33 bits per heavy atom. The summed E-state index contributed by atoms with van der Waals surface area (Å²) in [6.07, 6.45) is 3.66. The quantitative estimate of drug-likeness (QED) is 0.806. The fourth-order valence-corrected chi connectivity index (χ4v) is 2.73. The predicted octanol–water partition coefficient (Wildman–Crippen LogP) is 0.0184. The minimum absolute atomic E-state index is 0.280. The number of nitrogens with zero attached hydrogens (tertiary/aromatic N) is 6. The SMILES string of the molecule is CN1CCN(Nc2nc(N)nc(N3CCCCC3)n2)CC1. The van der Waals surface area contributed by atoms with E-state index in [-0.39, 0.29) is 5.95 Å². The van der Waals surface area contributed by atoms with Gasteiger partial charge in [-0.1, -0.05) is 0 Å². The van der Waals surface area contributed by atoms with E-state index in [1.165, 1.54) is 19.3 Å². The molecule has 0 bridgehead atoms. The van der Waals surface area contributed by atoms with Crippen molar-refractivity contribution in [3.05, 3.63) is 0 Å². The number of piperidine rings is 1. The van der Waals surface area contributed by atoms with Gasteiger partial charge in [0.05, 0.1) is 0 Å². The van der Waals surface area contributed by atoms with Gasteiger partial charge in [-0.05, 0) is 26.3 Å². The molecule has 0 amide bonds. The van der Waals surface area contributed by atoms with Gasteiger partial charge in [0.25, 0.3) is 0 Å². The zero-order valence-electron chi connectivity index (χ0n) is 12.6. The third kappa shape index (κ3) is 3.70. The van der Waals surface area contributed by atoms with Crippen LogP contribution in [0.1, 0.15) is 19.3 Å². The summed E-state index contributed by atoms with van der Waals surface area (Å²) < 4.78 is 0. The molecule has 116 valence electrons. The lowest BCUT2D eigenvalue weighted by Crippen LogP contribution is -2.47. The van der Waals surface area contributed by atoms with Crippen LogP contribution < -0.4 is 16.1 Å². The summed E-state index contributed by atoms with van der Waals surface area (Å²) in [4.78, 5) is 17.5. The van der Waals surface area contributed by atoms with Crippen molar-refractivity contribution in [2.24, 2.45) is 0 Å². The van der Waals surface area contributed by atoms with Crippen molar-refractivity contribution in [1.82, 2.24) is 24.9 Å². The van der Waals surface area contributed by atoms with E-state index in [4.69, 9.17) is 5.73 Å². The number of hydrogen-bond donors (Lipinski definition) is 2. The highest BCUT2D eigenvalue weighted by Crippen LogP contribution is 2.17. The van der Waals surface area contributed by atoms with Crippen LogP contribution in [0.5, 0.6) is 0 Å². The Bertz CT molecular complexity index is 465. The van der Waals surface area contributed by atoms with Crippen LogP contribution in [-0.4, -0.2) is 71.2 Å². The van der Waals surface area contributed by atoms with Crippen molar-refractivity contribution in [1.29, 1.82) is 0 Å². The van der Waals surface area contributed by atoms with E-state index in [0.717, 1.165) is 39.3 Å². The Morgan fingerprint density at radius 2 is 1.62 bits per heavy atom. The predicted molar refractivity (Wildman–Crippen MR) is 83.0 cm³/mol. The van der Waals surface area contributed by atoms with E-state index in [1.807, 2.05) is 0 Å². The number of nitrogen functional groups attached to an aromatic ring is 1. The highest BCUT2D eigenvalue weighted by molar-refractivity contribution is 5.41. The first-order valence-corrected chi connectivity index (χ1v) is 7.67. The fraction of sp³-hybridized carbons (Fsp3) is 0.769. The highest BCUT2D eigenvalue weighted by Gasteiger charge is 2.18. The summed E-state index contributed by atoms with van der Waals surface area (Å²) in [7, 11) is 2.13. The largest absolute Gasteiger partial charge is 0.368 e. The molecule has 3 N–H and O–H groups in total. The highest BCUT2D eigenvalue weighted by atomic mass is 15.6. The third-order valence-corrected chi connectivity index (χ3v) is 4.04. The van der Waals surface area contributed by atoms with E-state index >= 15 is 0 Å². The van der Waals surface area contributed by atoms with Gasteiger partial charge < -0.3 is 15.5 Å². The van der Waals surface area contributed by atoms with Crippen LogP contribution in [0.3, 0.4) is 0 Å². The maximum atomic E-state index is 5.84. The lowest BCUT2D eigenvalue weighted by molar-refractivity contribution is 0.178. The molecule has 21 heavy (non-hydrogen) atoms. The van der Waals surface area contributed by atoms with E-state index in [0.29, 0.717) is 11.9 Å². The molecule has 0 atom stereocenters. The van der Waals surface area contributed by atoms with Gasteiger partial charge >= 0.3 is 0 Å². The van der Waals surface area contributed by atoms with Crippen molar-refractivity contribution in [3.8, 4) is 0 Å². The maximum absolute atomic E-state index is 5.84. The van der Waals surface area contributed by atoms with Crippen LogP contribution in [0.15, 0.2) is 0 Å². The Labute approximate surface area is 125 Å². The minimum atomic E-state index is 0.280. The van der Waals surface area contributed by atoms with E-state index in [1.54, 1.807) is 0 Å².